The molecule has 0 heterocycles. The van der Waals surface area contributed by atoms with Crippen LogP contribution in [0.3, 0.4) is 0 Å². The first kappa shape index (κ1) is 76.5. The summed E-state index contributed by atoms with van der Waals surface area (Å²) in [6.45, 7) is 28.7. The van der Waals surface area contributed by atoms with Crippen LogP contribution in [-0.2, 0) is 32.5 Å². The van der Waals surface area contributed by atoms with Crippen molar-refractivity contribution in [1.29, 1.82) is 0 Å². The molecule has 16 aromatic rings. The van der Waals surface area contributed by atoms with Gasteiger partial charge in [-0.3, -0.25) is 0 Å². The molecule has 0 bridgehead atoms. The van der Waals surface area contributed by atoms with E-state index >= 15 is 0 Å². The van der Waals surface area contributed by atoms with Crippen molar-refractivity contribution in [3.05, 3.63) is 440 Å². The first-order valence-electron chi connectivity index (χ1n) is 41.5. The first-order chi connectivity index (χ1) is 56.6. The van der Waals surface area contributed by atoms with Crippen LogP contribution in [0.15, 0.2) is 406 Å². The summed E-state index contributed by atoms with van der Waals surface area (Å²) in [6, 6.07) is 147. The molecule has 0 radical (unpaired) electrons. The molecule has 117 heavy (non-hydrogen) atoms. The Labute approximate surface area is 694 Å². The van der Waals surface area contributed by atoms with Gasteiger partial charge >= 0.3 is 0 Å². The lowest BCUT2D eigenvalue weighted by molar-refractivity contribution is 0.299. The van der Waals surface area contributed by atoms with Gasteiger partial charge in [0.25, 0.3) is 0 Å². The summed E-state index contributed by atoms with van der Waals surface area (Å²) in [4.78, 5) is 7.13. The molecule has 19 rings (SSSR count). The fourth-order valence-corrected chi connectivity index (χ4v) is 18.4. The number of benzene rings is 16. The van der Waals surface area contributed by atoms with E-state index in [0.29, 0.717) is 0 Å². The molecule has 3 nitrogen and oxygen atoms in total. The maximum Gasteiger partial charge on any atom is 0.0467 e. The second-order valence-electron chi connectivity index (χ2n) is 34.9. The minimum absolute atomic E-state index is 0.00819. The van der Waals surface area contributed by atoms with Crippen molar-refractivity contribution in [3.8, 4) is 77.9 Å². The molecule has 0 saturated carbocycles. The Morgan fingerprint density at radius 2 is 0.316 bits per heavy atom. The third kappa shape index (κ3) is 14.0. The molecule has 574 valence electrons. The largest absolute Gasteiger partial charge is 0.310 e. The fraction of sp³-hybridized carbons (Fsp3) is 0.158. The van der Waals surface area contributed by atoms with Crippen molar-refractivity contribution in [1.82, 2.24) is 0 Å². The van der Waals surface area contributed by atoms with Gasteiger partial charge in [0.2, 0.25) is 0 Å². The SMILES string of the molecule is CC1(C)c2ccccc2-c2ccc(N(c3ccccc3)c3ccc(-c4cccc(-c5ccccc5)c4)cc3)cc2C1(C)C.CC1(C)c2ccccc2-c2ccc(N(c3ccccc3)c3cccc(-c4ccc(-c5ccccc5)cc4)c3)cc2C1(C)C.CC1(C)c2ccccc2-c2ccc(N(c3ccccc3)c3ccccc3)cc2C1(C)C. The molecule has 16 aromatic carbocycles. The van der Waals surface area contributed by atoms with Crippen molar-refractivity contribution in [2.45, 2.75) is 116 Å². The summed E-state index contributed by atoms with van der Waals surface area (Å²) in [5.41, 5.74) is 36.7. The van der Waals surface area contributed by atoms with Gasteiger partial charge in [-0.2, -0.15) is 0 Å². The standard InChI is InChI=1S/2C42H37N.C30H29N/c1-41(2)39-21-12-11-20-37(39)38-27-26-36(29-40(38)42(41,3)4)43(34-18-9-6-10-19-34)35-24-22-31(23-25-35)33-17-13-16-32(28-33)30-14-7-5-8-15-30;1-41(2)39-21-12-11-20-37(39)38-27-26-36(29-40(38)42(41,3)4)43(34-17-9-6-10-18-34)35-19-13-16-33(28-35)32-24-22-31(23-25-32)30-14-7-5-8-15-30;1-29(2)27-18-12-11-17-25(27)26-20-19-24(21-28(26)30(29,3)4)31(22-13-7-5-8-14-22)23-15-9-6-10-16-23/h2*5-29H,1-4H3;5-21H,1-4H3. The molecule has 0 aromatic heterocycles. The van der Waals surface area contributed by atoms with Gasteiger partial charge in [0, 0.05) is 51.2 Å². The Morgan fingerprint density at radius 1 is 0.128 bits per heavy atom. The van der Waals surface area contributed by atoms with Crippen molar-refractivity contribution in [2.75, 3.05) is 14.7 Å². The zero-order valence-electron chi connectivity index (χ0n) is 69.5. The summed E-state index contributed by atoms with van der Waals surface area (Å²) in [5.74, 6) is 0. The molecule has 3 aliphatic rings. The smallest absolute Gasteiger partial charge is 0.0467 e. The quantitative estimate of drug-likeness (QED) is 0.114. The number of nitrogens with zero attached hydrogens (tertiary/aromatic N) is 3. The maximum absolute atomic E-state index is 2.43. The van der Waals surface area contributed by atoms with E-state index in [0.717, 1.165) is 22.7 Å². The molecule has 3 heteroatoms. The Hall–Kier alpha value is -13.1. The van der Waals surface area contributed by atoms with E-state index in [1.807, 2.05) is 0 Å². The summed E-state index contributed by atoms with van der Waals surface area (Å²) in [6.07, 6.45) is 0. The van der Waals surface area contributed by atoms with E-state index < -0.39 is 0 Å². The lowest BCUT2D eigenvalue weighted by Crippen LogP contribution is -2.43. The molecule has 0 N–H and O–H groups in total. The Morgan fingerprint density at radius 3 is 0.650 bits per heavy atom. The lowest BCUT2D eigenvalue weighted by Gasteiger charge is -2.48. The van der Waals surface area contributed by atoms with Crippen LogP contribution in [0.4, 0.5) is 51.2 Å². The van der Waals surface area contributed by atoms with Crippen LogP contribution >= 0.6 is 0 Å². The van der Waals surface area contributed by atoms with Crippen LogP contribution in [0.25, 0.3) is 77.9 Å². The van der Waals surface area contributed by atoms with Crippen LogP contribution < -0.4 is 14.7 Å². The molecule has 0 unspecified atom stereocenters. The second kappa shape index (κ2) is 30.9. The van der Waals surface area contributed by atoms with Crippen molar-refractivity contribution in [3.63, 3.8) is 0 Å². The van der Waals surface area contributed by atoms with Crippen LogP contribution in [0.1, 0.15) is 116 Å². The molecule has 0 saturated heterocycles. The molecule has 0 aliphatic heterocycles. The molecule has 0 spiro atoms. The Kier molecular flexibility index (Phi) is 20.2. The predicted octanol–water partition coefficient (Wildman–Crippen LogP) is 31.8. The van der Waals surface area contributed by atoms with E-state index in [4.69, 9.17) is 0 Å². The third-order valence-corrected chi connectivity index (χ3v) is 27.1. The van der Waals surface area contributed by atoms with Crippen LogP contribution in [-0.4, -0.2) is 0 Å². The van der Waals surface area contributed by atoms with Crippen LogP contribution in [0, 0.1) is 0 Å². The molecule has 3 aliphatic carbocycles. The summed E-state index contributed by atoms with van der Waals surface area (Å²) >= 11 is 0. The predicted molar refractivity (Wildman–Crippen MR) is 500 cm³/mol. The highest BCUT2D eigenvalue weighted by Crippen LogP contribution is 2.59. The third-order valence-electron chi connectivity index (χ3n) is 27.1. The van der Waals surface area contributed by atoms with E-state index in [1.165, 1.54) is 140 Å². The highest BCUT2D eigenvalue weighted by molar-refractivity contribution is 5.89. The van der Waals surface area contributed by atoms with Gasteiger partial charge in [-0.25, -0.2) is 0 Å². The van der Waals surface area contributed by atoms with Gasteiger partial charge in [0.05, 0.1) is 0 Å². The average Bonchev–Trinajstić information content (AvgIpc) is 0.722. The normalized spacial score (nSPS) is 14.7. The van der Waals surface area contributed by atoms with Gasteiger partial charge in [-0.1, -0.05) is 374 Å². The molecule has 0 fully saturated rings. The van der Waals surface area contributed by atoms with Gasteiger partial charge in [0.15, 0.2) is 0 Å². The Balaban J connectivity index is 0.000000128. The van der Waals surface area contributed by atoms with Crippen LogP contribution in [0.5, 0.6) is 0 Å². The number of rotatable bonds is 13. The monoisotopic (exact) mass is 1510 g/mol. The van der Waals surface area contributed by atoms with Gasteiger partial charge in [-0.05, 0) is 259 Å². The van der Waals surface area contributed by atoms with Crippen molar-refractivity contribution >= 4 is 51.2 Å². The first-order valence-corrected chi connectivity index (χ1v) is 41.5. The molecule has 0 atom stereocenters. The van der Waals surface area contributed by atoms with E-state index in [1.54, 1.807) is 0 Å². The minimum atomic E-state index is -0.0581. The van der Waals surface area contributed by atoms with E-state index in [-0.39, 0.29) is 32.5 Å². The number of anilines is 9. The molecular weight excluding hydrogens is 1410 g/mol. The molecular formula is C114H103N3. The summed E-state index contributed by atoms with van der Waals surface area (Å²) in [7, 11) is 0. The molecule has 0 amide bonds. The lowest BCUT2D eigenvalue weighted by atomic mass is 9.55. The van der Waals surface area contributed by atoms with E-state index in [9.17, 15) is 0 Å². The zero-order chi connectivity index (χ0) is 80.9. The van der Waals surface area contributed by atoms with Crippen LogP contribution in [0.2, 0.25) is 0 Å². The summed E-state index contributed by atoms with van der Waals surface area (Å²) in [5, 5.41) is 0. The topological polar surface area (TPSA) is 9.72 Å². The number of hydrogen-bond donors (Lipinski definition) is 0. The highest BCUT2D eigenvalue weighted by atomic mass is 15.2. The van der Waals surface area contributed by atoms with Gasteiger partial charge < -0.3 is 14.7 Å². The average molecular weight is 1520 g/mol. The minimum Gasteiger partial charge on any atom is -0.310 e. The van der Waals surface area contributed by atoms with E-state index in [2.05, 4.69) is 504 Å². The maximum atomic E-state index is 2.43. The van der Waals surface area contributed by atoms with Crippen molar-refractivity contribution in [2.24, 2.45) is 0 Å². The van der Waals surface area contributed by atoms with Crippen molar-refractivity contribution < 1.29 is 0 Å². The zero-order valence-corrected chi connectivity index (χ0v) is 69.5. The second-order valence-corrected chi connectivity index (χ2v) is 34.9. The Bertz CT molecular complexity index is 6180. The fourth-order valence-electron chi connectivity index (χ4n) is 18.4. The van der Waals surface area contributed by atoms with Gasteiger partial charge in [-0.15, -0.1) is 0 Å². The number of fused-ring (bicyclic) bond motifs is 9. The highest BCUT2D eigenvalue weighted by Gasteiger charge is 2.49. The summed E-state index contributed by atoms with van der Waals surface area (Å²) < 4.78 is 0. The van der Waals surface area contributed by atoms with Gasteiger partial charge in [0.1, 0.15) is 0 Å². The number of para-hydroxylation sites is 4. The number of hydrogen-bond acceptors (Lipinski definition) is 3.